The minimum Gasteiger partial charge on any atom is -0.314 e. The predicted octanol–water partition coefficient (Wildman–Crippen LogP) is 1.74. The van der Waals surface area contributed by atoms with Gasteiger partial charge in [-0.3, -0.25) is 0 Å². The lowest BCUT2D eigenvalue weighted by molar-refractivity contribution is -0.0681. The quantitative estimate of drug-likeness (QED) is 0.606. The van der Waals surface area contributed by atoms with E-state index in [0.717, 1.165) is 24.8 Å². The molecule has 1 unspecified atom stereocenters. The summed E-state index contributed by atoms with van der Waals surface area (Å²) in [6.45, 7) is 3.10. The van der Waals surface area contributed by atoms with Crippen LogP contribution in [0.5, 0.6) is 0 Å². The van der Waals surface area contributed by atoms with Crippen LogP contribution in [0.25, 0.3) is 0 Å². The van der Waals surface area contributed by atoms with E-state index in [1.54, 1.807) is 7.05 Å². The van der Waals surface area contributed by atoms with Gasteiger partial charge in [0.2, 0.25) is 0 Å². The molecule has 1 atom stereocenters. The zero-order valence-electron chi connectivity index (χ0n) is 6.88. The third kappa shape index (κ3) is 2.67. The zero-order valence-corrected chi connectivity index (χ0v) is 6.88. The Morgan fingerprint density at radius 2 is 2.20 bits per heavy atom. The molecule has 0 aliphatic heterocycles. The van der Waals surface area contributed by atoms with Gasteiger partial charge in [-0.15, -0.1) is 0 Å². The van der Waals surface area contributed by atoms with Crippen LogP contribution in [0.2, 0.25) is 0 Å². The highest BCUT2D eigenvalue weighted by Crippen LogP contribution is 2.37. The number of hydrogen-bond acceptors (Lipinski definition) is 2. The molecule has 0 heterocycles. The number of hydrogen-bond donors (Lipinski definition) is 1. The van der Waals surface area contributed by atoms with E-state index in [1.165, 1.54) is 17.9 Å². The van der Waals surface area contributed by atoms with Crippen molar-refractivity contribution < 1.29 is 5.21 Å². The summed E-state index contributed by atoms with van der Waals surface area (Å²) in [6.07, 6.45) is 3.96. The molecule has 0 aromatic heterocycles. The molecule has 1 aliphatic carbocycles. The molecule has 60 valence electrons. The van der Waals surface area contributed by atoms with Crippen LogP contribution in [0.3, 0.4) is 0 Å². The van der Waals surface area contributed by atoms with E-state index >= 15 is 0 Å². The van der Waals surface area contributed by atoms with E-state index in [2.05, 4.69) is 6.92 Å². The molecular weight excluding hydrogens is 126 g/mol. The molecular formula is C8H17NO. The minimum atomic E-state index is 0.814. The Balaban J connectivity index is 2.00. The molecule has 1 saturated carbocycles. The average molecular weight is 143 g/mol. The zero-order chi connectivity index (χ0) is 7.56. The molecule has 10 heavy (non-hydrogen) atoms. The summed E-state index contributed by atoms with van der Waals surface area (Å²) in [6, 6.07) is 0. The Kier molecular flexibility index (Phi) is 2.69. The Morgan fingerprint density at radius 1 is 1.60 bits per heavy atom. The van der Waals surface area contributed by atoms with Crippen molar-refractivity contribution in [2.24, 2.45) is 11.8 Å². The van der Waals surface area contributed by atoms with Crippen LogP contribution in [0.15, 0.2) is 0 Å². The van der Waals surface area contributed by atoms with Crippen LogP contribution in [0.1, 0.15) is 26.2 Å². The Bertz CT molecular complexity index is 99.4. The van der Waals surface area contributed by atoms with Gasteiger partial charge in [-0.1, -0.05) is 6.92 Å². The van der Waals surface area contributed by atoms with Crippen molar-refractivity contribution in [3.05, 3.63) is 0 Å². The van der Waals surface area contributed by atoms with Crippen LogP contribution in [0, 0.1) is 11.8 Å². The molecule has 0 saturated heterocycles. The maximum absolute atomic E-state index is 8.84. The maximum Gasteiger partial charge on any atom is 0.0237 e. The summed E-state index contributed by atoms with van der Waals surface area (Å²) in [5.41, 5.74) is 0. The third-order valence-electron chi connectivity index (χ3n) is 2.33. The fraction of sp³-hybridized carbons (Fsp3) is 1.00. The first-order valence-corrected chi connectivity index (χ1v) is 4.10. The largest absolute Gasteiger partial charge is 0.314 e. The topological polar surface area (TPSA) is 23.5 Å². The second kappa shape index (κ2) is 3.35. The number of nitrogens with zero attached hydrogens (tertiary/aromatic N) is 1. The lowest BCUT2D eigenvalue weighted by atomic mass is 10.0. The fourth-order valence-electron chi connectivity index (χ4n) is 1.29. The Hall–Kier alpha value is -0.0800. The molecule has 1 aliphatic rings. The lowest BCUT2D eigenvalue weighted by Gasteiger charge is -2.12. The van der Waals surface area contributed by atoms with Crippen molar-refractivity contribution in [1.82, 2.24) is 5.06 Å². The van der Waals surface area contributed by atoms with Gasteiger partial charge >= 0.3 is 0 Å². The van der Waals surface area contributed by atoms with Crippen molar-refractivity contribution >= 4 is 0 Å². The predicted molar refractivity (Wildman–Crippen MR) is 40.9 cm³/mol. The monoisotopic (exact) mass is 143 g/mol. The van der Waals surface area contributed by atoms with Crippen molar-refractivity contribution in [2.75, 3.05) is 13.6 Å². The Morgan fingerprint density at radius 3 is 2.60 bits per heavy atom. The van der Waals surface area contributed by atoms with E-state index in [4.69, 9.17) is 5.21 Å². The van der Waals surface area contributed by atoms with Gasteiger partial charge in [0.1, 0.15) is 0 Å². The summed E-state index contributed by atoms with van der Waals surface area (Å²) >= 11 is 0. The van der Waals surface area contributed by atoms with Gasteiger partial charge in [0.05, 0.1) is 0 Å². The first kappa shape index (κ1) is 8.02. The minimum absolute atomic E-state index is 0.814. The normalized spacial score (nSPS) is 21.6. The van der Waals surface area contributed by atoms with Gasteiger partial charge in [-0.2, -0.15) is 5.06 Å². The van der Waals surface area contributed by atoms with Gasteiger partial charge in [-0.05, 0) is 31.1 Å². The van der Waals surface area contributed by atoms with E-state index < -0.39 is 0 Å². The van der Waals surface area contributed by atoms with E-state index in [1.807, 2.05) is 0 Å². The summed E-state index contributed by atoms with van der Waals surface area (Å²) in [5.74, 6) is 1.79. The van der Waals surface area contributed by atoms with Crippen molar-refractivity contribution in [3.63, 3.8) is 0 Å². The molecule has 2 heteroatoms. The summed E-state index contributed by atoms with van der Waals surface area (Å²) < 4.78 is 0. The highest BCUT2D eigenvalue weighted by Gasteiger charge is 2.27. The molecule has 0 aromatic carbocycles. The molecule has 1 rings (SSSR count). The third-order valence-corrected chi connectivity index (χ3v) is 2.33. The van der Waals surface area contributed by atoms with Gasteiger partial charge < -0.3 is 5.21 Å². The van der Waals surface area contributed by atoms with Crippen molar-refractivity contribution in [1.29, 1.82) is 0 Å². The molecule has 0 aromatic rings. The molecule has 1 fully saturated rings. The molecule has 1 N–H and O–H groups in total. The molecule has 2 nitrogen and oxygen atoms in total. The highest BCUT2D eigenvalue weighted by molar-refractivity contribution is 4.78. The van der Waals surface area contributed by atoms with E-state index in [-0.39, 0.29) is 0 Å². The van der Waals surface area contributed by atoms with Crippen molar-refractivity contribution in [2.45, 2.75) is 26.2 Å². The second-order valence-electron chi connectivity index (χ2n) is 3.48. The molecule has 0 amide bonds. The van der Waals surface area contributed by atoms with Crippen LogP contribution in [-0.4, -0.2) is 23.9 Å². The molecule has 0 bridgehead atoms. The van der Waals surface area contributed by atoms with Crippen LogP contribution < -0.4 is 0 Å². The standard InChI is InChI=1S/C8H17NO/c1-7(8-3-4-8)5-6-9(2)10/h7-8,10H,3-6H2,1-2H3. The smallest absolute Gasteiger partial charge is 0.0237 e. The van der Waals surface area contributed by atoms with Crippen LogP contribution in [-0.2, 0) is 0 Å². The summed E-state index contributed by atoms with van der Waals surface area (Å²) in [7, 11) is 1.71. The van der Waals surface area contributed by atoms with Crippen molar-refractivity contribution in [3.8, 4) is 0 Å². The van der Waals surface area contributed by atoms with Crippen LogP contribution in [0.4, 0.5) is 0 Å². The van der Waals surface area contributed by atoms with Crippen LogP contribution >= 0.6 is 0 Å². The first-order valence-electron chi connectivity index (χ1n) is 4.10. The number of hydroxylamine groups is 2. The maximum atomic E-state index is 8.84. The van der Waals surface area contributed by atoms with Gasteiger partial charge in [0, 0.05) is 13.6 Å². The Labute approximate surface area is 62.8 Å². The summed E-state index contributed by atoms with van der Waals surface area (Å²) in [5, 5.41) is 10.1. The average Bonchev–Trinajstić information content (AvgIpc) is 2.63. The van der Waals surface area contributed by atoms with Gasteiger partial charge in [0.15, 0.2) is 0 Å². The van der Waals surface area contributed by atoms with E-state index in [9.17, 15) is 0 Å². The van der Waals surface area contributed by atoms with E-state index in [0.29, 0.717) is 0 Å². The number of rotatable bonds is 4. The lowest BCUT2D eigenvalue weighted by Crippen LogP contribution is -2.16. The second-order valence-corrected chi connectivity index (χ2v) is 3.48. The van der Waals surface area contributed by atoms with Gasteiger partial charge in [0.25, 0.3) is 0 Å². The first-order chi connectivity index (χ1) is 4.70. The van der Waals surface area contributed by atoms with Gasteiger partial charge in [-0.25, -0.2) is 0 Å². The molecule has 0 spiro atoms. The fourth-order valence-corrected chi connectivity index (χ4v) is 1.29. The summed E-state index contributed by atoms with van der Waals surface area (Å²) in [4.78, 5) is 0. The SMILES string of the molecule is CC(CCN(C)O)C1CC1. The molecule has 0 radical (unpaired) electrons. The highest BCUT2D eigenvalue weighted by atomic mass is 16.5.